The van der Waals surface area contributed by atoms with Gasteiger partial charge in [0.15, 0.2) is 6.10 Å². The quantitative estimate of drug-likeness (QED) is 0.790. The smallest absolute Gasteiger partial charge is 0.332 e. The molecule has 6 atom stereocenters. The highest BCUT2D eigenvalue weighted by Crippen LogP contribution is 2.65. The van der Waals surface area contributed by atoms with Gasteiger partial charge in [0.05, 0.1) is 0 Å². The number of carboxylic acid groups (broad SMARTS) is 1. The second-order valence-corrected chi connectivity index (χ2v) is 6.55. The first-order valence-corrected chi connectivity index (χ1v) is 7.34. The van der Waals surface area contributed by atoms with Crippen molar-refractivity contribution in [1.29, 1.82) is 0 Å². The van der Waals surface area contributed by atoms with Crippen molar-refractivity contribution in [1.82, 2.24) is 5.32 Å². The number of ether oxygens (including phenoxy) is 1. The van der Waals surface area contributed by atoms with Gasteiger partial charge in [-0.05, 0) is 55.8 Å². The molecule has 19 heavy (non-hydrogen) atoms. The summed E-state index contributed by atoms with van der Waals surface area (Å²) in [4.78, 5) is 22.9. The summed E-state index contributed by atoms with van der Waals surface area (Å²) in [5.41, 5.74) is 0. The van der Waals surface area contributed by atoms with Crippen LogP contribution in [0.4, 0.5) is 0 Å². The van der Waals surface area contributed by atoms with E-state index < -0.39 is 18.2 Å². The van der Waals surface area contributed by atoms with Crippen molar-refractivity contribution < 1.29 is 19.4 Å². The van der Waals surface area contributed by atoms with Crippen LogP contribution in [0.15, 0.2) is 0 Å². The SMILES string of the molecule is O=C(NC1C2C3CCC(C3)C12)[C@@H]1CC[C@H](C(=O)O)O1. The summed E-state index contributed by atoms with van der Waals surface area (Å²) < 4.78 is 5.29. The van der Waals surface area contributed by atoms with Gasteiger partial charge < -0.3 is 15.2 Å². The summed E-state index contributed by atoms with van der Waals surface area (Å²) in [5.74, 6) is 2.02. The van der Waals surface area contributed by atoms with E-state index in [9.17, 15) is 9.59 Å². The molecule has 1 heterocycles. The summed E-state index contributed by atoms with van der Waals surface area (Å²) in [7, 11) is 0. The van der Waals surface area contributed by atoms with Crippen LogP contribution >= 0.6 is 0 Å². The van der Waals surface area contributed by atoms with E-state index in [0.29, 0.717) is 30.7 Å². The van der Waals surface area contributed by atoms with Crippen LogP contribution in [0.25, 0.3) is 0 Å². The second-order valence-electron chi connectivity index (χ2n) is 6.55. The summed E-state index contributed by atoms with van der Waals surface area (Å²) in [6, 6.07) is 0.353. The molecule has 5 nitrogen and oxygen atoms in total. The van der Waals surface area contributed by atoms with E-state index in [2.05, 4.69) is 5.32 Å². The summed E-state index contributed by atoms with van der Waals surface area (Å²) in [5, 5.41) is 12.0. The van der Waals surface area contributed by atoms with Crippen LogP contribution in [0, 0.1) is 23.7 Å². The molecule has 1 saturated heterocycles. The van der Waals surface area contributed by atoms with Gasteiger partial charge >= 0.3 is 5.97 Å². The minimum Gasteiger partial charge on any atom is -0.479 e. The monoisotopic (exact) mass is 265 g/mol. The third-order valence-electron chi connectivity index (χ3n) is 5.63. The lowest BCUT2D eigenvalue weighted by atomic mass is 10.0. The number of carbonyl (C=O) groups excluding carboxylic acids is 1. The Hall–Kier alpha value is -1.10. The van der Waals surface area contributed by atoms with Crippen molar-refractivity contribution in [2.24, 2.45) is 23.7 Å². The molecule has 5 heteroatoms. The predicted octanol–water partition coefficient (Wildman–Crippen LogP) is 0.779. The van der Waals surface area contributed by atoms with Crippen LogP contribution in [-0.4, -0.2) is 35.2 Å². The van der Waals surface area contributed by atoms with Crippen molar-refractivity contribution in [2.75, 3.05) is 0 Å². The molecule has 4 aliphatic rings. The van der Waals surface area contributed by atoms with E-state index in [1.54, 1.807) is 0 Å². The van der Waals surface area contributed by atoms with E-state index in [1.165, 1.54) is 19.3 Å². The van der Waals surface area contributed by atoms with Crippen LogP contribution in [0.2, 0.25) is 0 Å². The van der Waals surface area contributed by atoms with Gasteiger partial charge in [-0.25, -0.2) is 4.79 Å². The molecule has 2 N–H and O–H groups in total. The van der Waals surface area contributed by atoms with Crippen molar-refractivity contribution >= 4 is 11.9 Å². The minimum atomic E-state index is -0.961. The first-order chi connectivity index (χ1) is 9.15. The maximum Gasteiger partial charge on any atom is 0.332 e. The first-order valence-electron chi connectivity index (χ1n) is 7.34. The maximum absolute atomic E-state index is 12.1. The van der Waals surface area contributed by atoms with Crippen LogP contribution < -0.4 is 5.32 Å². The molecule has 2 bridgehead atoms. The zero-order valence-electron chi connectivity index (χ0n) is 10.7. The van der Waals surface area contributed by atoms with E-state index in [4.69, 9.17) is 9.84 Å². The van der Waals surface area contributed by atoms with Crippen molar-refractivity contribution in [3.63, 3.8) is 0 Å². The van der Waals surface area contributed by atoms with E-state index in [1.807, 2.05) is 0 Å². The Morgan fingerprint density at radius 1 is 1.00 bits per heavy atom. The molecule has 4 fully saturated rings. The van der Waals surface area contributed by atoms with Crippen molar-refractivity contribution in [3.8, 4) is 0 Å². The number of hydrogen-bond acceptors (Lipinski definition) is 3. The molecule has 1 amide bonds. The predicted molar refractivity (Wildman–Crippen MR) is 65.3 cm³/mol. The lowest BCUT2D eigenvalue weighted by molar-refractivity contribution is -0.151. The number of fused-ring (bicyclic) bond motifs is 5. The summed E-state index contributed by atoms with van der Waals surface area (Å²) >= 11 is 0. The van der Waals surface area contributed by atoms with Gasteiger partial charge in [-0.3, -0.25) is 4.79 Å². The maximum atomic E-state index is 12.1. The largest absolute Gasteiger partial charge is 0.479 e. The van der Waals surface area contributed by atoms with Crippen LogP contribution in [0.1, 0.15) is 32.1 Å². The topological polar surface area (TPSA) is 75.6 Å². The lowest BCUT2D eigenvalue weighted by Crippen LogP contribution is -2.38. The number of rotatable bonds is 3. The standard InChI is InChI=1S/C14H19NO4/c16-13(8-3-4-9(19-8)14(17)18)15-12-10-6-1-2-7(5-6)11(10)12/h6-12H,1-5H2,(H,15,16)(H,17,18)/t6?,7?,8-,9+,10?,11?,12?/m0/s1. The molecule has 0 radical (unpaired) electrons. The molecule has 0 aromatic carbocycles. The highest BCUT2D eigenvalue weighted by Gasteiger charge is 2.65. The average molecular weight is 265 g/mol. The van der Waals surface area contributed by atoms with Crippen molar-refractivity contribution in [2.45, 2.75) is 50.4 Å². The van der Waals surface area contributed by atoms with Gasteiger partial charge in [0.25, 0.3) is 0 Å². The lowest BCUT2D eigenvalue weighted by Gasteiger charge is -2.14. The number of nitrogens with one attached hydrogen (secondary N) is 1. The molecule has 0 aromatic heterocycles. The fourth-order valence-electron chi connectivity index (χ4n) is 4.79. The van der Waals surface area contributed by atoms with Crippen LogP contribution in [0.5, 0.6) is 0 Å². The fraction of sp³-hybridized carbons (Fsp3) is 0.857. The third-order valence-corrected chi connectivity index (χ3v) is 5.63. The second kappa shape index (κ2) is 3.95. The Labute approximate surface area is 111 Å². The van der Waals surface area contributed by atoms with Gasteiger partial charge in [-0.1, -0.05) is 0 Å². The Morgan fingerprint density at radius 3 is 2.21 bits per heavy atom. The molecule has 4 unspecified atom stereocenters. The molecule has 1 aliphatic heterocycles. The number of carboxylic acids is 1. The van der Waals surface area contributed by atoms with Gasteiger partial charge in [0.1, 0.15) is 6.10 Å². The van der Waals surface area contributed by atoms with E-state index >= 15 is 0 Å². The van der Waals surface area contributed by atoms with E-state index in [-0.39, 0.29) is 5.91 Å². The summed E-state index contributed by atoms with van der Waals surface area (Å²) in [6.45, 7) is 0. The Morgan fingerprint density at radius 2 is 1.63 bits per heavy atom. The summed E-state index contributed by atoms with van der Waals surface area (Å²) in [6.07, 6.45) is 3.64. The zero-order valence-corrected chi connectivity index (χ0v) is 10.7. The van der Waals surface area contributed by atoms with Gasteiger partial charge in [0, 0.05) is 6.04 Å². The molecule has 3 aliphatic carbocycles. The first kappa shape index (κ1) is 11.7. The zero-order chi connectivity index (χ0) is 13.1. The van der Waals surface area contributed by atoms with E-state index in [0.717, 1.165) is 11.8 Å². The van der Waals surface area contributed by atoms with Gasteiger partial charge in [-0.15, -0.1) is 0 Å². The molecule has 4 rings (SSSR count). The Balaban J connectivity index is 1.33. The molecule has 0 aromatic rings. The molecule has 3 saturated carbocycles. The highest BCUT2D eigenvalue weighted by molar-refractivity contribution is 5.83. The highest BCUT2D eigenvalue weighted by atomic mass is 16.5. The van der Waals surface area contributed by atoms with Crippen LogP contribution in [0.3, 0.4) is 0 Å². The molecular weight excluding hydrogens is 246 g/mol. The fourth-order valence-corrected chi connectivity index (χ4v) is 4.79. The number of aliphatic carboxylic acids is 1. The number of amides is 1. The average Bonchev–Trinajstić information content (AvgIpc) is 2.87. The minimum absolute atomic E-state index is 0.0949. The number of hydrogen-bond donors (Lipinski definition) is 2. The van der Waals surface area contributed by atoms with Crippen LogP contribution in [-0.2, 0) is 14.3 Å². The van der Waals surface area contributed by atoms with Gasteiger partial charge in [0.2, 0.25) is 5.91 Å². The van der Waals surface area contributed by atoms with Gasteiger partial charge in [-0.2, -0.15) is 0 Å². The Bertz CT molecular complexity index is 421. The molecule has 104 valence electrons. The third kappa shape index (κ3) is 1.71. The van der Waals surface area contributed by atoms with Crippen molar-refractivity contribution in [3.05, 3.63) is 0 Å². The molecule has 0 spiro atoms. The Kier molecular flexibility index (Phi) is 2.43. The normalized spacial score (nSPS) is 50.0. The number of carbonyl (C=O) groups is 2. The molecular formula is C14H19NO4.